The Morgan fingerprint density at radius 3 is 2.61 bits per heavy atom. The predicted octanol–water partition coefficient (Wildman–Crippen LogP) is 4.01. The van der Waals surface area contributed by atoms with Crippen molar-refractivity contribution in [2.24, 2.45) is 0 Å². The van der Waals surface area contributed by atoms with Gasteiger partial charge in [-0.2, -0.15) is 0 Å². The number of anilines is 1. The number of methoxy groups -OCH3 is 1. The van der Waals surface area contributed by atoms with Gasteiger partial charge in [0.05, 0.1) is 23.7 Å². The Kier molecular flexibility index (Phi) is 5.90. The van der Waals surface area contributed by atoms with E-state index in [9.17, 15) is 14.4 Å². The van der Waals surface area contributed by atoms with Crippen molar-refractivity contribution in [3.05, 3.63) is 82.3 Å². The van der Waals surface area contributed by atoms with Gasteiger partial charge in [0.25, 0.3) is 5.56 Å². The number of amides is 1. The number of fused-ring (bicyclic) bond motifs is 1. The number of thiophene rings is 1. The van der Waals surface area contributed by atoms with Crippen LogP contribution < -0.4 is 10.9 Å². The van der Waals surface area contributed by atoms with E-state index in [1.54, 1.807) is 18.2 Å². The normalized spacial score (nSPS) is 10.7. The number of para-hydroxylation sites is 2. The quantitative estimate of drug-likeness (QED) is 0.448. The van der Waals surface area contributed by atoms with Crippen LogP contribution in [0.4, 0.5) is 5.00 Å². The topological polar surface area (TPSA) is 101 Å². The molecule has 4 aromatic rings. The number of aryl methyl sites for hydroxylation is 1. The summed E-state index contributed by atoms with van der Waals surface area (Å²) in [6.07, 6.45) is 0.226. The Hall–Kier alpha value is -3.78. The lowest BCUT2D eigenvalue weighted by Crippen LogP contribution is -2.19. The monoisotopic (exact) mass is 433 g/mol. The van der Waals surface area contributed by atoms with Crippen molar-refractivity contribution in [2.75, 3.05) is 12.4 Å². The maximum Gasteiger partial charge on any atom is 0.340 e. The van der Waals surface area contributed by atoms with Crippen LogP contribution in [0.15, 0.2) is 65.5 Å². The number of carbonyl (C=O) groups is 2. The molecule has 0 fully saturated rings. The molecule has 2 heterocycles. The highest BCUT2D eigenvalue weighted by molar-refractivity contribution is 7.20. The van der Waals surface area contributed by atoms with Crippen molar-refractivity contribution in [1.82, 2.24) is 9.97 Å². The second-order valence-corrected chi connectivity index (χ2v) is 7.84. The van der Waals surface area contributed by atoms with E-state index in [-0.39, 0.29) is 30.0 Å². The zero-order valence-electron chi connectivity index (χ0n) is 16.7. The molecule has 31 heavy (non-hydrogen) atoms. The molecule has 2 aromatic carbocycles. The van der Waals surface area contributed by atoms with Gasteiger partial charge in [-0.1, -0.05) is 42.5 Å². The fourth-order valence-corrected chi connectivity index (χ4v) is 4.22. The molecule has 7 nitrogen and oxygen atoms in total. The zero-order valence-corrected chi connectivity index (χ0v) is 17.5. The van der Waals surface area contributed by atoms with Crippen LogP contribution in [-0.4, -0.2) is 29.0 Å². The molecule has 0 atom stereocenters. The number of H-pyrrole nitrogens is 1. The molecular formula is C23H19N3O4S. The van der Waals surface area contributed by atoms with Crippen LogP contribution in [0.2, 0.25) is 0 Å². The summed E-state index contributed by atoms with van der Waals surface area (Å²) in [6, 6.07) is 18.5. The highest BCUT2D eigenvalue weighted by Gasteiger charge is 2.19. The fourth-order valence-electron chi connectivity index (χ4n) is 3.15. The first-order valence-corrected chi connectivity index (χ1v) is 10.4. The molecule has 0 aliphatic carbocycles. The Bertz CT molecular complexity index is 1310. The lowest BCUT2D eigenvalue weighted by Gasteiger charge is -2.05. The number of aromatic amines is 1. The number of benzene rings is 2. The van der Waals surface area contributed by atoms with Gasteiger partial charge in [0.15, 0.2) is 0 Å². The third kappa shape index (κ3) is 4.54. The van der Waals surface area contributed by atoms with Crippen LogP contribution in [0.25, 0.3) is 21.5 Å². The number of hydrogen-bond donors (Lipinski definition) is 2. The SMILES string of the molecule is COC(=O)c1cc(-c2ccccc2)sc1NC(=O)CCc1nc2ccccc2[nH]c1=O. The molecule has 0 unspecified atom stereocenters. The predicted molar refractivity (Wildman–Crippen MR) is 120 cm³/mol. The molecule has 1 amide bonds. The molecule has 0 radical (unpaired) electrons. The van der Waals surface area contributed by atoms with Crippen LogP contribution in [-0.2, 0) is 16.0 Å². The van der Waals surface area contributed by atoms with Crippen molar-refractivity contribution in [1.29, 1.82) is 0 Å². The molecule has 2 N–H and O–H groups in total. The number of ether oxygens (including phenoxy) is 1. The van der Waals surface area contributed by atoms with Crippen LogP contribution >= 0.6 is 11.3 Å². The van der Waals surface area contributed by atoms with E-state index in [1.807, 2.05) is 42.5 Å². The van der Waals surface area contributed by atoms with E-state index in [0.29, 0.717) is 21.6 Å². The lowest BCUT2D eigenvalue weighted by atomic mass is 10.1. The summed E-state index contributed by atoms with van der Waals surface area (Å²) in [6.45, 7) is 0. The molecule has 0 aliphatic heterocycles. The molecule has 156 valence electrons. The zero-order chi connectivity index (χ0) is 21.8. The minimum Gasteiger partial charge on any atom is -0.465 e. The molecule has 8 heteroatoms. The smallest absolute Gasteiger partial charge is 0.340 e. The van der Waals surface area contributed by atoms with Gasteiger partial charge >= 0.3 is 5.97 Å². The molecule has 0 bridgehead atoms. The summed E-state index contributed by atoms with van der Waals surface area (Å²) < 4.78 is 4.85. The second kappa shape index (κ2) is 8.93. The molecular weight excluding hydrogens is 414 g/mol. The van der Waals surface area contributed by atoms with Gasteiger partial charge in [-0.15, -0.1) is 11.3 Å². The van der Waals surface area contributed by atoms with Gasteiger partial charge in [-0.3, -0.25) is 9.59 Å². The third-order valence-electron chi connectivity index (χ3n) is 4.71. The first kappa shape index (κ1) is 20.5. The minimum absolute atomic E-state index is 0.0492. The summed E-state index contributed by atoms with van der Waals surface area (Å²) in [5.74, 6) is -0.845. The number of nitrogens with zero attached hydrogens (tertiary/aromatic N) is 1. The van der Waals surface area contributed by atoms with Crippen molar-refractivity contribution < 1.29 is 14.3 Å². The van der Waals surface area contributed by atoms with Crippen LogP contribution in [0.5, 0.6) is 0 Å². The van der Waals surface area contributed by atoms with Crippen molar-refractivity contribution in [3.63, 3.8) is 0 Å². The Balaban J connectivity index is 1.52. The summed E-state index contributed by atoms with van der Waals surface area (Å²) in [5, 5.41) is 3.19. The minimum atomic E-state index is -0.527. The number of aromatic nitrogens is 2. The van der Waals surface area contributed by atoms with E-state index in [4.69, 9.17) is 4.74 Å². The molecule has 0 aliphatic rings. The van der Waals surface area contributed by atoms with Crippen molar-refractivity contribution in [3.8, 4) is 10.4 Å². The Morgan fingerprint density at radius 2 is 1.84 bits per heavy atom. The third-order valence-corrected chi connectivity index (χ3v) is 5.81. The number of hydrogen-bond acceptors (Lipinski definition) is 6. The van der Waals surface area contributed by atoms with E-state index in [0.717, 1.165) is 10.4 Å². The maximum atomic E-state index is 12.6. The van der Waals surface area contributed by atoms with Gasteiger partial charge in [0.2, 0.25) is 5.91 Å². The molecule has 0 saturated carbocycles. The van der Waals surface area contributed by atoms with E-state index < -0.39 is 5.97 Å². The fraction of sp³-hybridized carbons (Fsp3) is 0.130. The largest absolute Gasteiger partial charge is 0.465 e. The molecule has 4 rings (SSSR count). The van der Waals surface area contributed by atoms with Crippen molar-refractivity contribution >= 4 is 39.2 Å². The summed E-state index contributed by atoms with van der Waals surface area (Å²) in [4.78, 5) is 45.0. The van der Waals surface area contributed by atoms with Crippen LogP contribution in [0.1, 0.15) is 22.5 Å². The van der Waals surface area contributed by atoms with Gasteiger partial charge in [0, 0.05) is 17.7 Å². The number of rotatable bonds is 6. The van der Waals surface area contributed by atoms with Gasteiger partial charge < -0.3 is 15.0 Å². The Labute approximate surface area is 181 Å². The number of nitrogens with one attached hydrogen (secondary N) is 2. The van der Waals surface area contributed by atoms with Crippen molar-refractivity contribution in [2.45, 2.75) is 12.8 Å². The molecule has 0 saturated heterocycles. The summed E-state index contributed by atoms with van der Waals surface area (Å²) >= 11 is 1.30. The summed E-state index contributed by atoms with van der Waals surface area (Å²) in [7, 11) is 1.30. The van der Waals surface area contributed by atoms with Gasteiger partial charge in [-0.05, 0) is 23.8 Å². The molecule has 0 spiro atoms. The van der Waals surface area contributed by atoms with Crippen LogP contribution in [0, 0.1) is 0 Å². The van der Waals surface area contributed by atoms with E-state index in [2.05, 4.69) is 15.3 Å². The summed E-state index contributed by atoms with van der Waals surface area (Å²) in [5.41, 5.74) is 2.51. The van der Waals surface area contributed by atoms with Gasteiger partial charge in [0.1, 0.15) is 10.7 Å². The molecule has 2 aromatic heterocycles. The number of esters is 1. The highest BCUT2D eigenvalue weighted by atomic mass is 32.1. The number of carbonyl (C=O) groups excluding carboxylic acids is 2. The average Bonchev–Trinajstić information content (AvgIpc) is 3.21. The maximum absolute atomic E-state index is 12.6. The Morgan fingerprint density at radius 1 is 1.10 bits per heavy atom. The first-order valence-electron chi connectivity index (χ1n) is 9.60. The van der Waals surface area contributed by atoms with E-state index >= 15 is 0 Å². The second-order valence-electron chi connectivity index (χ2n) is 6.79. The standard InChI is InChI=1S/C23H19N3O4S/c1-30-23(29)15-13-19(14-7-3-2-4-8-14)31-22(15)26-20(27)12-11-18-21(28)25-17-10-6-5-9-16(17)24-18/h2-10,13H,11-12H2,1H3,(H,25,28)(H,26,27). The lowest BCUT2D eigenvalue weighted by molar-refractivity contribution is -0.116. The van der Waals surface area contributed by atoms with Gasteiger partial charge in [-0.25, -0.2) is 9.78 Å². The van der Waals surface area contributed by atoms with Crippen LogP contribution in [0.3, 0.4) is 0 Å². The average molecular weight is 433 g/mol. The van der Waals surface area contributed by atoms with E-state index in [1.165, 1.54) is 18.4 Å². The highest BCUT2D eigenvalue weighted by Crippen LogP contribution is 2.36. The first-order chi connectivity index (χ1) is 15.0.